The number of esters is 1. The summed E-state index contributed by atoms with van der Waals surface area (Å²) in [5.74, 6) is -0.392. The zero-order valence-electron chi connectivity index (χ0n) is 13.7. The lowest BCUT2D eigenvalue weighted by atomic mass is 9.94. The molecule has 0 bridgehead atoms. The van der Waals surface area contributed by atoms with Gasteiger partial charge in [-0.2, -0.15) is 0 Å². The minimum atomic E-state index is -0.557. The first-order valence-corrected chi connectivity index (χ1v) is 7.46. The fraction of sp³-hybridized carbons (Fsp3) is 0.529. The van der Waals surface area contributed by atoms with Crippen LogP contribution < -0.4 is 0 Å². The summed E-state index contributed by atoms with van der Waals surface area (Å²) in [5.41, 5.74) is 0.599. The summed E-state index contributed by atoms with van der Waals surface area (Å²) in [5, 5.41) is 7.57. The zero-order chi connectivity index (χ0) is 16.8. The molecule has 22 heavy (non-hydrogen) atoms. The maximum atomic E-state index is 12.6. The average molecular weight is 307 g/mol. The molecule has 5 heteroatoms. The second-order valence-corrected chi connectivity index (χ2v) is 5.38. The molecule has 1 aromatic carbocycles. The first-order valence-electron chi connectivity index (χ1n) is 7.46. The van der Waals surface area contributed by atoms with Crippen LogP contribution in [0.4, 0.5) is 0 Å². The minimum Gasteiger partial charge on any atom is -0.467 e. The van der Waals surface area contributed by atoms with E-state index in [-0.39, 0.29) is 18.5 Å². The molecule has 0 unspecified atom stereocenters. The fourth-order valence-electron chi connectivity index (χ4n) is 2.35. The number of ether oxygens (including phenoxy) is 1. The Morgan fingerprint density at radius 2 is 1.82 bits per heavy atom. The quantitative estimate of drug-likeness (QED) is 0.860. The number of benzene rings is 1. The number of nitrogens with zero attached hydrogens (tertiary/aromatic N) is 1. The topological polar surface area (TPSA) is 66.8 Å². The van der Waals surface area contributed by atoms with Crippen LogP contribution >= 0.6 is 0 Å². The largest absolute Gasteiger partial charge is 0.467 e. The predicted octanol–water partition coefficient (Wildman–Crippen LogP) is 1.74. The van der Waals surface area contributed by atoms with E-state index in [1.54, 1.807) is 20.9 Å². The predicted molar refractivity (Wildman–Crippen MR) is 84.4 cm³/mol. The number of rotatable bonds is 4. The third-order valence-corrected chi connectivity index (χ3v) is 3.93. The highest BCUT2D eigenvalue weighted by Crippen LogP contribution is 2.49. The van der Waals surface area contributed by atoms with E-state index in [4.69, 9.17) is 5.11 Å². The normalized spacial score (nSPS) is 15.9. The van der Waals surface area contributed by atoms with Crippen molar-refractivity contribution in [3.8, 4) is 0 Å². The highest BCUT2D eigenvalue weighted by Gasteiger charge is 2.53. The Hall–Kier alpha value is -1.88. The summed E-state index contributed by atoms with van der Waals surface area (Å²) in [7, 11) is 2.99. The van der Waals surface area contributed by atoms with E-state index < -0.39 is 11.5 Å². The summed E-state index contributed by atoms with van der Waals surface area (Å²) >= 11 is 0. The van der Waals surface area contributed by atoms with Gasteiger partial charge in [-0.15, -0.1) is 0 Å². The van der Waals surface area contributed by atoms with Gasteiger partial charge in [0.15, 0.2) is 0 Å². The fourth-order valence-corrected chi connectivity index (χ4v) is 2.35. The van der Waals surface area contributed by atoms with Crippen LogP contribution in [-0.2, 0) is 19.7 Å². The zero-order valence-corrected chi connectivity index (χ0v) is 13.7. The lowest BCUT2D eigenvalue weighted by Crippen LogP contribution is -2.45. The van der Waals surface area contributed by atoms with Crippen LogP contribution in [-0.4, -0.2) is 48.7 Å². The van der Waals surface area contributed by atoms with Crippen LogP contribution in [0, 0.1) is 0 Å². The molecule has 1 aliphatic carbocycles. The third kappa shape index (κ3) is 3.85. The van der Waals surface area contributed by atoms with Gasteiger partial charge < -0.3 is 14.7 Å². The molecule has 1 aliphatic rings. The highest BCUT2D eigenvalue weighted by molar-refractivity contribution is 5.94. The van der Waals surface area contributed by atoms with Gasteiger partial charge in [0.1, 0.15) is 6.04 Å². The molecule has 1 amide bonds. The van der Waals surface area contributed by atoms with Gasteiger partial charge >= 0.3 is 5.97 Å². The number of amides is 1. The van der Waals surface area contributed by atoms with Gasteiger partial charge in [-0.1, -0.05) is 30.3 Å². The van der Waals surface area contributed by atoms with Gasteiger partial charge in [0.2, 0.25) is 5.91 Å². The molecule has 5 nitrogen and oxygen atoms in total. The number of likely N-dealkylation sites (N-methyl/N-ethyl adjacent to an activating group) is 1. The Labute approximate surface area is 131 Å². The number of carbonyl (C=O) groups is 2. The number of methoxy groups -OCH3 is 1. The van der Waals surface area contributed by atoms with Crippen LogP contribution in [0.25, 0.3) is 0 Å². The number of carbonyl (C=O) groups excluding carboxylic acids is 2. The third-order valence-electron chi connectivity index (χ3n) is 3.93. The monoisotopic (exact) mass is 307 g/mol. The molecule has 2 rings (SSSR count). The van der Waals surface area contributed by atoms with E-state index in [2.05, 4.69) is 4.74 Å². The first-order chi connectivity index (χ1) is 10.4. The van der Waals surface area contributed by atoms with E-state index in [1.165, 1.54) is 12.0 Å². The second kappa shape index (κ2) is 7.94. The standard InChI is InChI=1S/C15H19NO3.C2H6O/c1-11(13(17)19-3)16(2)14(18)15(9-10-15)12-7-5-4-6-8-12;1-2-3/h4-8,11H,9-10H2,1-3H3;3H,2H2,1H3/t11-;/m1./s1. The molecule has 1 atom stereocenters. The van der Waals surface area contributed by atoms with Crippen molar-refractivity contribution in [2.45, 2.75) is 38.1 Å². The molecule has 122 valence electrons. The van der Waals surface area contributed by atoms with Gasteiger partial charge in [-0.05, 0) is 32.3 Å². The molecule has 0 aliphatic heterocycles. The van der Waals surface area contributed by atoms with Crippen molar-refractivity contribution in [3.05, 3.63) is 35.9 Å². The van der Waals surface area contributed by atoms with E-state index in [0.29, 0.717) is 0 Å². The average Bonchev–Trinajstić information content (AvgIpc) is 3.35. The van der Waals surface area contributed by atoms with Crippen molar-refractivity contribution in [3.63, 3.8) is 0 Å². The number of aliphatic hydroxyl groups is 1. The Bertz CT molecular complexity index is 497. The summed E-state index contributed by atoms with van der Waals surface area (Å²) in [6.45, 7) is 3.62. The van der Waals surface area contributed by atoms with Gasteiger partial charge in [0, 0.05) is 13.7 Å². The summed E-state index contributed by atoms with van der Waals surface area (Å²) in [6.07, 6.45) is 1.68. The molecule has 1 N–H and O–H groups in total. The highest BCUT2D eigenvalue weighted by atomic mass is 16.5. The van der Waals surface area contributed by atoms with Crippen molar-refractivity contribution in [2.24, 2.45) is 0 Å². The maximum absolute atomic E-state index is 12.6. The van der Waals surface area contributed by atoms with Crippen molar-refractivity contribution < 1.29 is 19.4 Å². The van der Waals surface area contributed by atoms with E-state index in [0.717, 1.165) is 18.4 Å². The number of hydrogen-bond acceptors (Lipinski definition) is 4. The summed E-state index contributed by atoms with van der Waals surface area (Å²) in [6, 6.07) is 9.20. The van der Waals surface area contributed by atoms with Crippen LogP contribution in [0.2, 0.25) is 0 Å². The molecule has 0 heterocycles. The molecular weight excluding hydrogens is 282 g/mol. The summed E-state index contributed by atoms with van der Waals surface area (Å²) in [4.78, 5) is 25.6. The van der Waals surface area contributed by atoms with E-state index in [1.807, 2.05) is 30.3 Å². The van der Waals surface area contributed by atoms with E-state index >= 15 is 0 Å². The van der Waals surface area contributed by atoms with Gasteiger partial charge in [-0.25, -0.2) is 4.79 Å². The Morgan fingerprint density at radius 3 is 2.23 bits per heavy atom. The lowest BCUT2D eigenvalue weighted by molar-refractivity contribution is -0.151. The maximum Gasteiger partial charge on any atom is 0.328 e. The smallest absolute Gasteiger partial charge is 0.328 e. The number of hydrogen-bond donors (Lipinski definition) is 1. The van der Waals surface area contributed by atoms with Crippen LogP contribution in [0.5, 0.6) is 0 Å². The minimum absolute atomic E-state index is 0.00315. The first kappa shape index (κ1) is 18.2. The molecular formula is C17H25NO4. The van der Waals surface area contributed by atoms with Crippen molar-refractivity contribution >= 4 is 11.9 Å². The van der Waals surface area contributed by atoms with Crippen LogP contribution in [0.15, 0.2) is 30.3 Å². The number of aliphatic hydroxyl groups excluding tert-OH is 1. The van der Waals surface area contributed by atoms with Crippen molar-refractivity contribution in [2.75, 3.05) is 20.8 Å². The Balaban J connectivity index is 0.000000745. The summed E-state index contributed by atoms with van der Waals surface area (Å²) < 4.78 is 4.69. The SMILES string of the molecule is CCO.COC(=O)[C@@H](C)N(C)C(=O)C1(c2ccccc2)CC1. The van der Waals surface area contributed by atoms with Crippen LogP contribution in [0.3, 0.4) is 0 Å². The van der Waals surface area contributed by atoms with Crippen molar-refractivity contribution in [1.29, 1.82) is 0 Å². The Kier molecular flexibility index (Phi) is 6.56. The molecule has 1 aromatic rings. The van der Waals surface area contributed by atoms with Gasteiger partial charge in [0.05, 0.1) is 12.5 Å². The molecule has 0 radical (unpaired) electrons. The van der Waals surface area contributed by atoms with Gasteiger partial charge in [0.25, 0.3) is 0 Å². The second-order valence-electron chi connectivity index (χ2n) is 5.38. The lowest BCUT2D eigenvalue weighted by Gasteiger charge is -2.27. The van der Waals surface area contributed by atoms with E-state index in [9.17, 15) is 9.59 Å². The van der Waals surface area contributed by atoms with Crippen LogP contribution in [0.1, 0.15) is 32.3 Å². The van der Waals surface area contributed by atoms with Crippen molar-refractivity contribution in [1.82, 2.24) is 4.90 Å². The Morgan fingerprint density at radius 1 is 1.32 bits per heavy atom. The molecule has 1 saturated carbocycles. The molecule has 0 aromatic heterocycles. The van der Waals surface area contributed by atoms with Gasteiger partial charge in [-0.3, -0.25) is 4.79 Å². The molecule has 1 fully saturated rings. The molecule has 0 spiro atoms. The molecule has 0 saturated heterocycles.